The highest BCUT2D eigenvalue weighted by Crippen LogP contribution is 2.37. The zero-order valence-electron chi connectivity index (χ0n) is 19.1. The van der Waals surface area contributed by atoms with Crippen LogP contribution in [0.5, 0.6) is 0 Å². The van der Waals surface area contributed by atoms with Gasteiger partial charge in [0.1, 0.15) is 5.70 Å². The van der Waals surface area contributed by atoms with E-state index in [2.05, 4.69) is 4.90 Å². The van der Waals surface area contributed by atoms with Crippen molar-refractivity contribution < 1.29 is 23.9 Å². The fourth-order valence-corrected chi connectivity index (χ4v) is 4.53. The number of methoxy groups -OCH3 is 2. The molecule has 1 aromatic rings. The quantitative estimate of drug-likeness (QED) is 0.637. The summed E-state index contributed by atoms with van der Waals surface area (Å²) < 4.78 is 9.98. The van der Waals surface area contributed by atoms with Crippen LogP contribution in [-0.4, -0.2) is 63.1 Å². The van der Waals surface area contributed by atoms with Gasteiger partial charge in [0.25, 0.3) is 5.91 Å². The second-order valence-corrected chi connectivity index (χ2v) is 8.21. The normalized spacial score (nSPS) is 18.1. The summed E-state index contributed by atoms with van der Waals surface area (Å²) in [7, 11) is 2.54. The number of carbonyl (C=O) groups excluding carboxylic acids is 3. The van der Waals surface area contributed by atoms with Crippen molar-refractivity contribution in [3.8, 4) is 0 Å². The summed E-state index contributed by atoms with van der Waals surface area (Å²) in [6.45, 7) is 3.25. The molecule has 0 aliphatic carbocycles. The van der Waals surface area contributed by atoms with Gasteiger partial charge in [-0.1, -0.05) is 6.08 Å². The second-order valence-electron chi connectivity index (χ2n) is 8.21. The van der Waals surface area contributed by atoms with E-state index in [0.717, 1.165) is 57.5 Å². The van der Waals surface area contributed by atoms with Crippen LogP contribution in [0.15, 0.2) is 53.9 Å². The van der Waals surface area contributed by atoms with Gasteiger partial charge >= 0.3 is 11.9 Å². The second kappa shape index (κ2) is 9.94. The van der Waals surface area contributed by atoms with Gasteiger partial charge < -0.3 is 24.2 Å². The number of amides is 1. The van der Waals surface area contributed by atoms with Crippen molar-refractivity contribution >= 4 is 29.2 Å². The van der Waals surface area contributed by atoms with Crippen molar-refractivity contribution in [3.05, 3.63) is 59.5 Å². The lowest BCUT2D eigenvalue weighted by Crippen LogP contribution is -2.30. The lowest BCUT2D eigenvalue weighted by molar-refractivity contribution is -0.139. The average Bonchev–Trinajstić information content (AvgIpc) is 3.54. The molecule has 0 aromatic heterocycles. The summed E-state index contributed by atoms with van der Waals surface area (Å²) >= 11 is 0. The molecule has 0 unspecified atom stereocenters. The summed E-state index contributed by atoms with van der Waals surface area (Å²) in [5.74, 6) is -1.35. The highest BCUT2D eigenvalue weighted by atomic mass is 16.5. The smallest absolute Gasteiger partial charge is 0.355 e. The van der Waals surface area contributed by atoms with Crippen LogP contribution in [0.2, 0.25) is 0 Å². The fraction of sp³-hybridized carbons (Fsp3) is 0.400. The van der Waals surface area contributed by atoms with Crippen molar-refractivity contribution in [1.29, 1.82) is 0 Å². The highest BCUT2D eigenvalue weighted by Gasteiger charge is 2.31. The molecule has 0 atom stereocenters. The first kappa shape index (κ1) is 22.6. The average molecular weight is 452 g/mol. The molecular formula is C25H29N3O5. The highest BCUT2D eigenvalue weighted by molar-refractivity contribution is 6.06. The molecule has 2 fully saturated rings. The van der Waals surface area contributed by atoms with Crippen molar-refractivity contribution in [2.45, 2.75) is 25.7 Å². The summed E-state index contributed by atoms with van der Waals surface area (Å²) in [5, 5.41) is 0. The molecule has 3 heterocycles. The van der Waals surface area contributed by atoms with Gasteiger partial charge in [-0.15, -0.1) is 0 Å². The lowest BCUT2D eigenvalue weighted by atomic mass is 10.1. The zero-order valence-corrected chi connectivity index (χ0v) is 19.1. The van der Waals surface area contributed by atoms with Gasteiger partial charge in [-0.2, -0.15) is 0 Å². The number of anilines is 2. The van der Waals surface area contributed by atoms with Crippen LogP contribution in [0.25, 0.3) is 0 Å². The van der Waals surface area contributed by atoms with Gasteiger partial charge in [-0.3, -0.25) is 4.79 Å². The maximum atomic E-state index is 13.2. The van der Waals surface area contributed by atoms with Crippen molar-refractivity contribution in [1.82, 2.24) is 4.90 Å². The van der Waals surface area contributed by atoms with Crippen molar-refractivity contribution in [2.24, 2.45) is 0 Å². The third-order valence-corrected chi connectivity index (χ3v) is 6.21. The number of ether oxygens (including phenoxy) is 2. The summed E-state index contributed by atoms with van der Waals surface area (Å²) in [4.78, 5) is 44.3. The van der Waals surface area contributed by atoms with Crippen LogP contribution in [-0.2, 0) is 19.1 Å². The molecule has 0 N–H and O–H groups in total. The number of carbonyl (C=O) groups is 3. The van der Waals surface area contributed by atoms with Gasteiger partial charge in [-0.05, 0) is 56.0 Å². The standard InChI is InChI=1S/C25H29N3O5/c1-32-24(30)19-9-3-4-16-28(22(19)25(31)33-2)21-17-18(23(29)27-14-7-8-15-27)10-11-20(21)26-12-5-6-13-26/h3-4,9-11,16-17H,5-8,12-15H2,1-2H3. The van der Waals surface area contributed by atoms with Crippen LogP contribution in [0, 0.1) is 0 Å². The Morgan fingerprint density at radius 1 is 0.818 bits per heavy atom. The Balaban J connectivity index is 1.87. The molecule has 1 amide bonds. The van der Waals surface area contributed by atoms with Crippen molar-refractivity contribution in [3.63, 3.8) is 0 Å². The number of rotatable bonds is 5. The summed E-state index contributed by atoms with van der Waals surface area (Å²) in [5.41, 5.74) is 2.20. The van der Waals surface area contributed by atoms with E-state index in [1.165, 1.54) is 20.3 Å². The zero-order chi connectivity index (χ0) is 23.4. The first-order chi connectivity index (χ1) is 16.0. The minimum Gasteiger partial charge on any atom is -0.465 e. The molecule has 0 saturated carbocycles. The van der Waals surface area contributed by atoms with E-state index in [4.69, 9.17) is 9.47 Å². The van der Waals surface area contributed by atoms with Crippen LogP contribution in [0.3, 0.4) is 0 Å². The van der Waals surface area contributed by atoms with Gasteiger partial charge in [0.05, 0.1) is 31.2 Å². The maximum absolute atomic E-state index is 13.2. The number of likely N-dealkylation sites (tertiary alicyclic amines) is 1. The maximum Gasteiger partial charge on any atom is 0.355 e. The Kier molecular flexibility index (Phi) is 6.82. The molecular weight excluding hydrogens is 422 g/mol. The van der Waals surface area contributed by atoms with Gasteiger partial charge in [0.15, 0.2) is 0 Å². The fourth-order valence-electron chi connectivity index (χ4n) is 4.53. The number of esters is 2. The van der Waals surface area contributed by atoms with Gasteiger partial charge in [-0.25, -0.2) is 9.59 Å². The van der Waals surface area contributed by atoms with E-state index < -0.39 is 11.9 Å². The number of hydrogen-bond acceptors (Lipinski definition) is 7. The predicted octanol–water partition coefficient (Wildman–Crippen LogP) is 3.01. The molecule has 3 aliphatic rings. The SMILES string of the molecule is COC(=O)C1=C(C(=O)OC)N(c2cc(C(=O)N3CCCC3)ccc2N2CCCC2)C=CC=C1. The summed E-state index contributed by atoms with van der Waals surface area (Å²) in [6.07, 6.45) is 10.8. The number of nitrogens with zero attached hydrogens (tertiary/aromatic N) is 3. The molecule has 8 heteroatoms. The molecule has 4 rings (SSSR count). The predicted molar refractivity (Wildman–Crippen MR) is 125 cm³/mol. The molecule has 0 bridgehead atoms. The molecule has 2 saturated heterocycles. The van der Waals surface area contributed by atoms with Gasteiger partial charge in [0.2, 0.25) is 0 Å². The summed E-state index contributed by atoms with van der Waals surface area (Å²) in [6, 6.07) is 5.59. The first-order valence-corrected chi connectivity index (χ1v) is 11.3. The molecule has 0 spiro atoms. The molecule has 1 aromatic carbocycles. The van der Waals surface area contributed by atoms with Crippen LogP contribution in [0.4, 0.5) is 11.4 Å². The van der Waals surface area contributed by atoms with E-state index in [0.29, 0.717) is 11.3 Å². The Labute approximate surface area is 193 Å². The van der Waals surface area contributed by atoms with Crippen molar-refractivity contribution in [2.75, 3.05) is 50.2 Å². The Morgan fingerprint density at radius 2 is 1.48 bits per heavy atom. The Bertz CT molecular complexity index is 1030. The monoisotopic (exact) mass is 451 g/mol. The number of allylic oxidation sites excluding steroid dienone is 2. The third kappa shape index (κ3) is 4.51. The van der Waals surface area contributed by atoms with E-state index in [9.17, 15) is 14.4 Å². The van der Waals surface area contributed by atoms with E-state index >= 15 is 0 Å². The van der Waals surface area contributed by atoms with E-state index in [-0.39, 0.29) is 17.2 Å². The molecule has 174 valence electrons. The third-order valence-electron chi connectivity index (χ3n) is 6.21. The first-order valence-electron chi connectivity index (χ1n) is 11.3. The minimum atomic E-state index is -0.671. The minimum absolute atomic E-state index is 0.0320. The Hall–Kier alpha value is -3.55. The molecule has 3 aliphatic heterocycles. The number of benzene rings is 1. The van der Waals surface area contributed by atoms with E-state index in [1.54, 1.807) is 23.3 Å². The number of hydrogen-bond donors (Lipinski definition) is 0. The Morgan fingerprint density at radius 3 is 2.15 bits per heavy atom. The van der Waals surface area contributed by atoms with Crippen LogP contribution in [0.1, 0.15) is 36.0 Å². The van der Waals surface area contributed by atoms with Gasteiger partial charge in [0, 0.05) is 37.9 Å². The largest absolute Gasteiger partial charge is 0.465 e. The van der Waals surface area contributed by atoms with Crippen LogP contribution >= 0.6 is 0 Å². The van der Waals surface area contributed by atoms with E-state index in [1.807, 2.05) is 23.1 Å². The topological polar surface area (TPSA) is 79.4 Å². The lowest BCUT2D eigenvalue weighted by Gasteiger charge is -2.30. The molecule has 0 radical (unpaired) electrons. The van der Waals surface area contributed by atoms with Crippen LogP contribution < -0.4 is 9.80 Å². The molecule has 33 heavy (non-hydrogen) atoms. The molecule has 8 nitrogen and oxygen atoms in total.